The molecule has 0 saturated heterocycles. The van der Waals surface area contributed by atoms with Gasteiger partial charge in [0.1, 0.15) is 0 Å². The number of carbonyl (C=O) groups is 2. The molecule has 0 aliphatic carbocycles. The van der Waals surface area contributed by atoms with Crippen LogP contribution in [0.3, 0.4) is 0 Å². The SMILES string of the molecule is NC(=O)CCN1CCc2c(cccc2C(=O)O)C1. The lowest BCUT2D eigenvalue weighted by Gasteiger charge is -2.29. The van der Waals surface area contributed by atoms with E-state index in [1.54, 1.807) is 12.1 Å². The minimum Gasteiger partial charge on any atom is -0.478 e. The number of aromatic carboxylic acids is 1. The molecule has 0 fully saturated rings. The van der Waals surface area contributed by atoms with Crippen molar-refractivity contribution in [3.05, 3.63) is 34.9 Å². The molecule has 2 rings (SSSR count). The van der Waals surface area contributed by atoms with E-state index in [9.17, 15) is 9.59 Å². The lowest BCUT2D eigenvalue weighted by molar-refractivity contribution is -0.118. The molecule has 5 nitrogen and oxygen atoms in total. The van der Waals surface area contributed by atoms with Crippen molar-refractivity contribution >= 4 is 11.9 Å². The highest BCUT2D eigenvalue weighted by molar-refractivity contribution is 5.89. The summed E-state index contributed by atoms with van der Waals surface area (Å²) in [6.45, 7) is 2.08. The topological polar surface area (TPSA) is 83.6 Å². The highest BCUT2D eigenvalue weighted by Gasteiger charge is 2.21. The molecular weight excluding hydrogens is 232 g/mol. The second-order valence-corrected chi connectivity index (χ2v) is 4.49. The molecule has 5 heteroatoms. The molecule has 1 aromatic rings. The zero-order valence-corrected chi connectivity index (χ0v) is 10.1. The number of carboxylic acid groups (broad SMARTS) is 1. The summed E-state index contributed by atoms with van der Waals surface area (Å²) in [4.78, 5) is 24.0. The summed E-state index contributed by atoms with van der Waals surface area (Å²) in [5, 5.41) is 9.11. The van der Waals surface area contributed by atoms with Gasteiger partial charge in [-0.2, -0.15) is 0 Å². The Morgan fingerprint density at radius 1 is 1.39 bits per heavy atom. The molecule has 0 radical (unpaired) electrons. The van der Waals surface area contributed by atoms with Crippen LogP contribution in [0.1, 0.15) is 27.9 Å². The number of carbonyl (C=O) groups excluding carboxylic acids is 1. The Kier molecular flexibility index (Phi) is 3.62. The average molecular weight is 248 g/mol. The van der Waals surface area contributed by atoms with Crippen LogP contribution in [0.15, 0.2) is 18.2 Å². The minimum atomic E-state index is -0.877. The van der Waals surface area contributed by atoms with Crippen molar-refractivity contribution in [3.8, 4) is 0 Å². The van der Waals surface area contributed by atoms with Crippen molar-refractivity contribution in [2.75, 3.05) is 13.1 Å². The first-order valence-electron chi connectivity index (χ1n) is 5.92. The molecule has 0 spiro atoms. The zero-order valence-electron chi connectivity index (χ0n) is 10.1. The normalized spacial score (nSPS) is 15.1. The lowest BCUT2D eigenvalue weighted by atomic mass is 9.94. The smallest absolute Gasteiger partial charge is 0.335 e. The Hall–Kier alpha value is -1.88. The first-order chi connectivity index (χ1) is 8.58. The van der Waals surface area contributed by atoms with Crippen LogP contribution in [-0.4, -0.2) is 35.0 Å². The molecule has 1 aliphatic heterocycles. The molecule has 1 aromatic carbocycles. The molecule has 18 heavy (non-hydrogen) atoms. The van der Waals surface area contributed by atoms with Gasteiger partial charge >= 0.3 is 5.97 Å². The number of hydrogen-bond donors (Lipinski definition) is 2. The summed E-state index contributed by atoms with van der Waals surface area (Å²) >= 11 is 0. The van der Waals surface area contributed by atoms with Gasteiger partial charge in [0.25, 0.3) is 0 Å². The maximum atomic E-state index is 11.1. The van der Waals surface area contributed by atoms with Crippen molar-refractivity contribution in [2.45, 2.75) is 19.4 Å². The van der Waals surface area contributed by atoms with Crippen molar-refractivity contribution in [2.24, 2.45) is 5.73 Å². The highest BCUT2D eigenvalue weighted by atomic mass is 16.4. The molecule has 1 aliphatic rings. The predicted octanol–water partition coefficient (Wildman–Crippen LogP) is 0.618. The van der Waals surface area contributed by atoms with Crippen molar-refractivity contribution < 1.29 is 14.7 Å². The Balaban J connectivity index is 2.13. The van der Waals surface area contributed by atoms with Crippen LogP contribution in [-0.2, 0) is 17.8 Å². The van der Waals surface area contributed by atoms with E-state index in [-0.39, 0.29) is 5.91 Å². The van der Waals surface area contributed by atoms with Crippen molar-refractivity contribution in [1.29, 1.82) is 0 Å². The predicted molar refractivity (Wildman–Crippen MR) is 66.2 cm³/mol. The monoisotopic (exact) mass is 248 g/mol. The Morgan fingerprint density at radius 2 is 2.17 bits per heavy atom. The number of nitrogens with zero attached hydrogens (tertiary/aromatic N) is 1. The van der Waals surface area contributed by atoms with Crippen LogP contribution in [0.25, 0.3) is 0 Å². The Morgan fingerprint density at radius 3 is 2.83 bits per heavy atom. The lowest BCUT2D eigenvalue weighted by Crippen LogP contribution is -2.34. The molecule has 96 valence electrons. The van der Waals surface area contributed by atoms with Gasteiger partial charge in [-0.05, 0) is 23.6 Å². The van der Waals surface area contributed by atoms with Gasteiger partial charge in [0.2, 0.25) is 5.91 Å². The van der Waals surface area contributed by atoms with Gasteiger partial charge in [-0.25, -0.2) is 4.79 Å². The average Bonchev–Trinajstić information content (AvgIpc) is 2.35. The Labute approximate surface area is 105 Å². The quantitative estimate of drug-likeness (QED) is 0.818. The van der Waals surface area contributed by atoms with E-state index in [1.807, 2.05) is 6.07 Å². The van der Waals surface area contributed by atoms with Crippen LogP contribution in [0.5, 0.6) is 0 Å². The summed E-state index contributed by atoms with van der Waals surface area (Å²) < 4.78 is 0. The van der Waals surface area contributed by atoms with E-state index >= 15 is 0 Å². The molecule has 0 aromatic heterocycles. The number of rotatable bonds is 4. The second-order valence-electron chi connectivity index (χ2n) is 4.49. The maximum Gasteiger partial charge on any atom is 0.335 e. The second kappa shape index (κ2) is 5.18. The van der Waals surface area contributed by atoms with Gasteiger partial charge in [-0.1, -0.05) is 12.1 Å². The summed E-state index contributed by atoms with van der Waals surface area (Å²) in [6.07, 6.45) is 1.05. The van der Waals surface area contributed by atoms with Crippen LogP contribution in [0.2, 0.25) is 0 Å². The number of benzene rings is 1. The molecule has 1 amide bonds. The number of amides is 1. The third-order valence-electron chi connectivity index (χ3n) is 3.25. The third-order valence-corrected chi connectivity index (χ3v) is 3.25. The van der Waals surface area contributed by atoms with E-state index in [0.717, 1.165) is 17.7 Å². The van der Waals surface area contributed by atoms with Gasteiger partial charge in [0, 0.05) is 26.1 Å². The molecule has 0 atom stereocenters. The largest absolute Gasteiger partial charge is 0.478 e. The standard InChI is InChI=1S/C13H16N2O3/c14-12(16)5-7-15-6-4-10-9(8-15)2-1-3-11(10)13(17)18/h1-3H,4-8H2,(H2,14,16)(H,17,18). The van der Waals surface area contributed by atoms with E-state index in [2.05, 4.69) is 4.90 Å². The van der Waals surface area contributed by atoms with Crippen molar-refractivity contribution in [3.63, 3.8) is 0 Å². The molecule has 0 unspecified atom stereocenters. The number of fused-ring (bicyclic) bond motifs is 1. The van der Waals surface area contributed by atoms with Gasteiger partial charge < -0.3 is 10.8 Å². The van der Waals surface area contributed by atoms with Gasteiger partial charge in [-0.3, -0.25) is 9.69 Å². The molecule has 0 saturated carbocycles. The fourth-order valence-corrected chi connectivity index (χ4v) is 2.33. The van der Waals surface area contributed by atoms with E-state index in [0.29, 0.717) is 31.5 Å². The van der Waals surface area contributed by atoms with Crippen LogP contribution in [0.4, 0.5) is 0 Å². The van der Waals surface area contributed by atoms with Gasteiger partial charge in [0.15, 0.2) is 0 Å². The first-order valence-corrected chi connectivity index (χ1v) is 5.92. The first kappa shape index (κ1) is 12.6. The number of primary amides is 1. The Bertz CT molecular complexity index is 485. The minimum absolute atomic E-state index is 0.305. The van der Waals surface area contributed by atoms with E-state index < -0.39 is 5.97 Å². The van der Waals surface area contributed by atoms with Gasteiger partial charge in [0.05, 0.1) is 5.56 Å². The van der Waals surface area contributed by atoms with Gasteiger partial charge in [-0.15, -0.1) is 0 Å². The summed E-state index contributed by atoms with van der Waals surface area (Å²) in [7, 11) is 0. The molecular formula is C13H16N2O3. The summed E-state index contributed by atoms with van der Waals surface area (Å²) in [5.74, 6) is -1.18. The fourth-order valence-electron chi connectivity index (χ4n) is 2.33. The number of hydrogen-bond acceptors (Lipinski definition) is 3. The third kappa shape index (κ3) is 2.68. The van der Waals surface area contributed by atoms with Crippen LogP contribution >= 0.6 is 0 Å². The molecule has 0 bridgehead atoms. The number of carboxylic acids is 1. The summed E-state index contributed by atoms with van der Waals surface area (Å²) in [6, 6.07) is 5.35. The zero-order chi connectivity index (χ0) is 13.1. The van der Waals surface area contributed by atoms with E-state index in [1.165, 1.54) is 0 Å². The van der Waals surface area contributed by atoms with E-state index in [4.69, 9.17) is 10.8 Å². The maximum absolute atomic E-state index is 11.1. The molecule has 1 heterocycles. The van der Waals surface area contributed by atoms with Crippen molar-refractivity contribution in [1.82, 2.24) is 4.90 Å². The summed E-state index contributed by atoms with van der Waals surface area (Å²) in [5.41, 5.74) is 7.47. The highest BCUT2D eigenvalue weighted by Crippen LogP contribution is 2.22. The fraction of sp³-hybridized carbons (Fsp3) is 0.385. The van der Waals surface area contributed by atoms with Crippen LogP contribution < -0.4 is 5.73 Å². The number of nitrogens with two attached hydrogens (primary N) is 1. The van der Waals surface area contributed by atoms with Crippen LogP contribution in [0, 0.1) is 0 Å². The molecule has 3 N–H and O–H groups in total.